The first-order valence-electron chi connectivity index (χ1n) is 17.5. The zero-order valence-electron chi connectivity index (χ0n) is 32.8. The fraction of sp³-hybridized carbons (Fsp3) is 0.333. The number of anilines is 1. The monoisotopic (exact) mass is 828 g/mol. The number of para-hydroxylation sites is 2. The van der Waals surface area contributed by atoms with Crippen LogP contribution in [0.25, 0.3) is 22.4 Å². The van der Waals surface area contributed by atoms with Crippen molar-refractivity contribution in [3.05, 3.63) is 96.4 Å². The molecule has 6 rings (SSSR count). The lowest BCUT2D eigenvalue weighted by molar-refractivity contribution is 0.200. The second-order valence-electron chi connectivity index (χ2n) is 12.8. The van der Waals surface area contributed by atoms with E-state index in [4.69, 9.17) is 38.1 Å². The van der Waals surface area contributed by atoms with Gasteiger partial charge in [0.05, 0.1) is 61.1 Å². The van der Waals surface area contributed by atoms with Gasteiger partial charge in [-0.05, 0) is 84.1 Å². The smallest absolute Gasteiger partial charge is 0.203 e. The van der Waals surface area contributed by atoms with Crippen molar-refractivity contribution in [1.29, 1.82) is 0 Å². The van der Waals surface area contributed by atoms with Crippen LogP contribution in [0.2, 0.25) is 0 Å². The highest BCUT2D eigenvalue weighted by atomic mass is 35.5. The summed E-state index contributed by atoms with van der Waals surface area (Å²) in [4.78, 5) is 14.3. The van der Waals surface area contributed by atoms with Crippen molar-refractivity contribution in [2.75, 3.05) is 67.8 Å². The normalized spacial score (nSPS) is 12.6. The van der Waals surface area contributed by atoms with Crippen molar-refractivity contribution in [2.45, 2.75) is 32.0 Å². The molecule has 0 spiro atoms. The van der Waals surface area contributed by atoms with Crippen LogP contribution in [0.4, 0.5) is 5.69 Å². The van der Waals surface area contributed by atoms with Crippen LogP contribution >= 0.6 is 37.2 Å². The van der Waals surface area contributed by atoms with Gasteiger partial charge in [0.25, 0.3) is 0 Å². The van der Waals surface area contributed by atoms with Crippen LogP contribution in [-0.2, 0) is 13.1 Å². The van der Waals surface area contributed by atoms with E-state index in [-0.39, 0.29) is 37.2 Å². The molecule has 302 valence electrons. The number of rotatable bonds is 15. The summed E-state index contributed by atoms with van der Waals surface area (Å²) in [6.07, 6.45) is 7.65. The van der Waals surface area contributed by atoms with Crippen molar-refractivity contribution in [1.82, 2.24) is 14.9 Å². The van der Waals surface area contributed by atoms with Gasteiger partial charge in [-0.15, -0.1) is 37.2 Å². The Labute approximate surface area is 348 Å². The number of piperidine rings is 1. The zero-order chi connectivity index (χ0) is 37.3. The fourth-order valence-electron chi connectivity index (χ4n) is 7.06. The third-order valence-corrected chi connectivity index (χ3v) is 9.73. The van der Waals surface area contributed by atoms with Crippen molar-refractivity contribution < 1.29 is 33.2 Å². The molecule has 1 fully saturated rings. The summed E-state index contributed by atoms with van der Waals surface area (Å²) in [6.45, 7) is 3.37. The van der Waals surface area contributed by atoms with Gasteiger partial charge in [-0.2, -0.15) is 0 Å². The molecule has 0 radical (unpaired) electrons. The van der Waals surface area contributed by atoms with Gasteiger partial charge in [0.15, 0.2) is 23.0 Å². The Morgan fingerprint density at radius 2 is 1.14 bits per heavy atom. The van der Waals surface area contributed by atoms with E-state index >= 15 is 0 Å². The molecular weight excluding hydrogens is 779 g/mol. The lowest BCUT2D eigenvalue weighted by Gasteiger charge is -2.40. The first-order valence-corrected chi connectivity index (χ1v) is 17.5. The quantitative estimate of drug-likeness (QED) is 0.101. The SMILES string of the molecule is COc1ccccc1N(Cc1ccnc(-c2cc(OC)c(OC)c(OC)c2)c1)C1CCN(Cc2cncc(-c3cc(OC)c(OC)c(OC)c3)c2)CC1.Cl.Cl.Cl. The number of methoxy groups -OCH3 is 7. The third kappa shape index (κ3) is 10.1. The Morgan fingerprint density at radius 3 is 1.70 bits per heavy atom. The predicted octanol–water partition coefficient (Wildman–Crippen LogP) is 8.81. The minimum atomic E-state index is 0. The molecule has 56 heavy (non-hydrogen) atoms. The van der Waals surface area contributed by atoms with Crippen LogP contribution in [-0.4, -0.2) is 83.8 Å². The maximum atomic E-state index is 5.88. The Bertz CT molecular complexity index is 1960. The minimum Gasteiger partial charge on any atom is -0.495 e. The average molecular weight is 830 g/mol. The highest BCUT2D eigenvalue weighted by molar-refractivity contribution is 5.86. The van der Waals surface area contributed by atoms with Crippen LogP contribution in [0.5, 0.6) is 40.2 Å². The lowest BCUT2D eigenvalue weighted by atomic mass is 9.99. The van der Waals surface area contributed by atoms with Crippen molar-refractivity contribution in [3.63, 3.8) is 0 Å². The highest BCUT2D eigenvalue weighted by Crippen LogP contribution is 2.43. The fourth-order valence-corrected chi connectivity index (χ4v) is 7.06. The molecule has 1 aliphatic rings. The van der Waals surface area contributed by atoms with Gasteiger partial charge in [-0.1, -0.05) is 12.1 Å². The molecule has 14 heteroatoms. The molecular formula is C42H51Cl3N4O7. The summed E-state index contributed by atoms with van der Waals surface area (Å²) in [5.74, 6) is 4.35. The summed E-state index contributed by atoms with van der Waals surface area (Å²) >= 11 is 0. The maximum absolute atomic E-state index is 5.88. The summed E-state index contributed by atoms with van der Waals surface area (Å²) in [5, 5.41) is 0. The number of hydrogen-bond acceptors (Lipinski definition) is 11. The number of aromatic nitrogens is 2. The number of benzene rings is 3. The van der Waals surface area contributed by atoms with Gasteiger partial charge in [0, 0.05) is 61.9 Å². The molecule has 1 saturated heterocycles. The second kappa shape index (κ2) is 21.5. The first kappa shape index (κ1) is 45.6. The van der Waals surface area contributed by atoms with E-state index < -0.39 is 0 Å². The van der Waals surface area contributed by atoms with Crippen molar-refractivity contribution in [2.24, 2.45) is 0 Å². The molecule has 0 atom stereocenters. The highest BCUT2D eigenvalue weighted by Gasteiger charge is 2.27. The number of likely N-dealkylation sites (tertiary alicyclic amines) is 1. The minimum absolute atomic E-state index is 0. The van der Waals surface area contributed by atoms with E-state index in [1.807, 2.05) is 55.0 Å². The van der Waals surface area contributed by atoms with Crippen LogP contribution in [0.15, 0.2) is 85.3 Å². The Morgan fingerprint density at radius 1 is 0.589 bits per heavy atom. The van der Waals surface area contributed by atoms with Crippen LogP contribution in [0.3, 0.4) is 0 Å². The molecule has 0 amide bonds. The number of nitrogens with zero attached hydrogens (tertiary/aromatic N) is 4. The molecule has 11 nitrogen and oxygen atoms in total. The van der Waals surface area contributed by atoms with E-state index in [1.165, 1.54) is 0 Å². The molecule has 5 aromatic rings. The van der Waals surface area contributed by atoms with E-state index in [0.29, 0.717) is 47.1 Å². The third-order valence-electron chi connectivity index (χ3n) is 9.73. The lowest BCUT2D eigenvalue weighted by Crippen LogP contribution is -2.44. The molecule has 3 heterocycles. The molecule has 0 bridgehead atoms. The van der Waals surface area contributed by atoms with E-state index in [1.54, 1.807) is 49.8 Å². The van der Waals surface area contributed by atoms with Gasteiger partial charge < -0.3 is 38.1 Å². The molecule has 1 aliphatic heterocycles. The number of pyridine rings is 2. The Hall–Kier alpha value is -4.81. The summed E-state index contributed by atoms with van der Waals surface area (Å²) in [6, 6.07) is 22.7. The van der Waals surface area contributed by atoms with Gasteiger partial charge in [-0.25, -0.2) is 0 Å². The number of hydrogen-bond donors (Lipinski definition) is 0. The average Bonchev–Trinajstić information content (AvgIpc) is 3.22. The molecule has 0 aliphatic carbocycles. The largest absolute Gasteiger partial charge is 0.495 e. The molecule has 3 aromatic carbocycles. The Kier molecular flexibility index (Phi) is 17.5. The maximum Gasteiger partial charge on any atom is 0.203 e. The number of halogens is 3. The standard InChI is InChI=1S/C42H48N4O7.3ClH/c1-47-36-11-9-8-10-35(36)46(27-28-12-15-44-34(19-28)31-22-39(50-4)42(53-7)40(23-31)51-5)33-13-16-45(17-14-33)26-29-18-32(25-43-24-29)30-20-37(48-2)41(52-6)38(21-30)49-3;;;/h8-12,15,18-25,33H,13-14,16-17,26-27H2,1-7H3;3*1H. The first-order chi connectivity index (χ1) is 25.9. The van der Waals surface area contributed by atoms with Gasteiger partial charge in [0.1, 0.15) is 5.75 Å². The molecule has 0 N–H and O–H groups in total. The Balaban J connectivity index is 0.00000280. The van der Waals surface area contributed by atoms with Crippen LogP contribution in [0, 0.1) is 0 Å². The molecule has 0 saturated carbocycles. The number of ether oxygens (including phenoxy) is 7. The van der Waals surface area contributed by atoms with Crippen LogP contribution < -0.4 is 38.1 Å². The zero-order valence-corrected chi connectivity index (χ0v) is 35.2. The summed E-state index contributed by atoms with van der Waals surface area (Å²) in [5.41, 5.74) is 6.98. The van der Waals surface area contributed by atoms with Gasteiger partial charge in [0.2, 0.25) is 11.5 Å². The van der Waals surface area contributed by atoms with E-state index in [0.717, 1.165) is 77.4 Å². The van der Waals surface area contributed by atoms with Crippen LogP contribution in [0.1, 0.15) is 24.0 Å². The van der Waals surface area contributed by atoms with Gasteiger partial charge >= 0.3 is 0 Å². The van der Waals surface area contributed by atoms with E-state index in [2.05, 4.69) is 45.1 Å². The summed E-state index contributed by atoms with van der Waals surface area (Å²) < 4.78 is 39.4. The molecule has 2 aromatic heterocycles. The topological polar surface area (TPSA) is 96.9 Å². The van der Waals surface area contributed by atoms with Gasteiger partial charge in [-0.3, -0.25) is 14.9 Å². The molecule has 0 unspecified atom stereocenters. The second-order valence-corrected chi connectivity index (χ2v) is 12.8. The van der Waals surface area contributed by atoms with Crippen molar-refractivity contribution in [3.8, 4) is 62.6 Å². The summed E-state index contributed by atoms with van der Waals surface area (Å²) in [7, 11) is 11.4. The predicted molar refractivity (Wildman–Crippen MR) is 228 cm³/mol. The van der Waals surface area contributed by atoms with Crippen molar-refractivity contribution >= 4 is 42.9 Å². The van der Waals surface area contributed by atoms with E-state index in [9.17, 15) is 0 Å².